The quantitative estimate of drug-likeness (QED) is 0.849. The van der Waals surface area contributed by atoms with Crippen molar-refractivity contribution in [2.75, 3.05) is 5.73 Å². The maximum absolute atomic E-state index is 13.2. The molecule has 0 unspecified atom stereocenters. The number of halogens is 2. The summed E-state index contributed by atoms with van der Waals surface area (Å²) in [5, 5.41) is 3.44. The van der Waals surface area contributed by atoms with Gasteiger partial charge in [0.05, 0.1) is 11.6 Å². The Bertz CT molecular complexity index is 604. The summed E-state index contributed by atoms with van der Waals surface area (Å²) in [6.45, 7) is 2.11. The summed E-state index contributed by atoms with van der Waals surface area (Å²) < 4.78 is 26.4. The molecular formula is C12H11F2N3OS. The van der Waals surface area contributed by atoms with Crippen molar-refractivity contribution in [3.05, 3.63) is 45.4 Å². The van der Waals surface area contributed by atoms with E-state index in [2.05, 4.69) is 10.3 Å². The number of aryl methyl sites for hydroxylation is 1. The summed E-state index contributed by atoms with van der Waals surface area (Å²) in [6, 6.07) is 1.82. The first-order valence-corrected chi connectivity index (χ1v) is 6.23. The van der Waals surface area contributed by atoms with Crippen LogP contribution in [0.25, 0.3) is 0 Å². The van der Waals surface area contributed by atoms with Crippen LogP contribution in [0.2, 0.25) is 0 Å². The number of nitrogen functional groups attached to an aromatic ring is 1. The minimum absolute atomic E-state index is 0.106. The lowest BCUT2D eigenvalue weighted by Crippen LogP contribution is -2.22. The third-order valence-electron chi connectivity index (χ3n) is 2.43. The first kappa shape index (κ1) is 13.4. The molecule has 0 aliphatic rings. The van der Waals surface area contributed by atoms with Gasteiger partial charge in [0.1, 0.15) is 17.3 Å². The molecule has 2 rings (SSSR count). The Morgan fingerprint density at radius 1 is 1.42 bits per heavy atom. The lowest BCUT2D eigenvalue weighted by Gasteiger charge is -2.05. The van der Waals surface area contributed by atoms with E-state index in [1.165, 1.54) is 11.3 Å². The van der Waals surface area contributed by atoms with E-state index in [0.29, 0.717) is 0 Å². The molecule has 0 fully saturated rings. The Kier molecular flexibility index (Phi) is 3.75. The van der Waals surface area contributed by atoms with E-state index in [1.54, 1.807) is 6.20 Å². The number of amides is 1. The summed E-state index contributed by atoms with van der Waals surface area (Å²) in [4.78, 5) is 16.6. The lowest BCUT2D eigenvalue weighted by atomic mass is 10.1. The number of nitrogens with two attached hydrogens (primary N) is 1. The van der Waals surface area contributed by atoms with Gasteiger partial charge in [-0.05, 0) is 19.1 Å². The molecule has 7 heteroatoms. The van der Waals surface area contributed by atoms with Gasteiger partial charge >= 0.3 is 0 Å². The molecule has 0 saturated carbocycles. The van der Waals surface area contributed by atoms with Gasteiger partial charge < -0.3 is 11.1 Å². The highest BCUT2D eigenvalue weighted by Crippen LogP contribution is 2.17. The normalized spacial score (nSPS) is 10.5. The average Bonchev–Trinajstić information content (AvgIpc) is 2.78. The molecule has 1 amide bonds. The van der Waals surface area contributed by atoms with Crippen molar-refractivity contribution in [1.29, 1.82) is 0 Å². The zero-order chi connectivity index (χ0) is 14.0. The van der Waals surface area contributed by atoms with Crippen LogP contribution in [0, 0.1) is 18.6 Å². The summed E-state index contributed by atoms with van der Waals surface area (Å²) in [5.41, 5.74) is 4.44. The van der Waals surface area contributed by atoms with E-state index in [0.717, 1.165) is 22.0 Å². The lowest BCUT2D eigenvalue weighted by molar-refractivity contribution is 0.0950. The number of thiazole rings is 1. The molecule has 1 aromatic heterocycles. The molecule has 0 atom stereocenters. The second-order valence-corrected chi connectivity index (χ2v) is 5.20. The van der Waals surface area contributed by atoms with E-state index in [4.69, 9.17) is 5.73 Å². The molecule has 0 saturated heterocycles. The van der Waals surface area contributed by atoms with Crippen LogP contribution in [0.5, 0.6) is 0 Å². The van der Waals surface area contributed by atoms with Crippen LogP contribution in [0.15, 0.2) is 18.3 Å². The third kappa shape index (κ3) is 3.05. The first-order valence-electron chi connectivity index (χ1n) is 5.41. The van der Waals surface area contributed by atoms with E-state index in [1.807, 2.05) is 6.92 Å². The van der Waals surface area contributed by atoms with Gasteiger partial charge in [-0.3, -0.25) is 4.79 Å². The van der Waals surface area contributed by atoms with Crippen molar-refractivity contribution in [2.24, 2.45) is 0 Å². The highest BCUT2D eigenvalue weighted by atomic mass is 32.1. The van der Waals surface area contributed by atoms with Crippen LogP contribution >= 0.6 is 11.3 Å². The average molecular weight is 283 g/mol. The van der Waals surface area contributed by atoms with Gasteiger partial charge in [0.25, 0.3) is 5.91 Å². The summed E-state index contributed by atoms with van der Waals surface area (Å²) >= 11 is 1.44. The Morgan fingerprint density at radius 2 is 2.05 bits per heavy atom. The molecule has 0 radical (unpaired) electrons. The fraction of sp³-hybridized carbons (Fsp3) is 0.167. The number of hydrogen-bond acceptors (Lipinski definition) is 4. The maximum Gasteiger partial charge on any atom is 0.251 e. The Morgan fingerprint density at radius 3 is 2.58 bits per heavy atom. The molecule has 2 aromatic rings. The largest absolute Gasteiger partial charge is 0.394 e. The van der Waals surface area contributed by atoms with Gasteiger partial charge in [-0.2, -0.15) is 0 Å². The summed E-state index contributed by atoms with van der Waals surface area (Å²) in [7, 11) is 0. The van der Waals surface area contributed by atoms with Gasteiger partial charge in [-0.25, -0.2) is 13.8 Å². The van der Waals surface area contributed by atoms with Crippen LogP contribution in [-0.4, -0.2) is 10.9 Å². The number of hydrogen-bond donors (Lipinski definition) is 2. The number of rotatable bonds is 3. The molecule has 3 N–H and O–H groups in total. The molecule has 1 aromatic carbocycles. The summed E-state index contributed by atoms with van der Waals surface area (Å²) in [5.74, 6) is -2.46. The van der Waals surface area contributed by atoms with Crippen LogP contribution in [0.4, 0.5) is 14.5 Å². The predicted molar refractivity (Wildman–Crippen MR) is 68.8 cm³/mol. The van der Waals surface area contributed by atoms with E-state index >= 15 is 0 Å². The number of aromatic nitrogens is 1. The number of nitrogens with zero attached hydrogens (tertiary/aromatic N) is 1. The fourth-order valence-corrected chi connectivity index (χ4v) is 2.21. The molecule has 100 valence electrons. The van der Waals surface area contributed by atoms with Crippen molar-refractivity contribution in [2.45, 2.75) is 13.5 Å². The minimum atomic E-state index is -0.946. The Labute approximate surface area is 112 Å². The molecule has 1 heterocycles. The molecule has 0 bridgehead atoms. The number of carbonyl (C=O) groups is 1. The molecule has 0 spiro atoms. The van der Waals surface area contributed by atoms with E-state index in [9.17, 15) is 13.6 Å². The van der Waals surface area contributed by atoms with Crippen LogP contribution < -0.4 is 11.1 Å². The zero-order valence-corrected chi connectivity index (χ0v) is 10.9. The van der Waals surface area contributed by atoms with Crippen molar-refractivity contribution in [3.8, 4) is 0 Å². The molecule has 4 nitrogen and oxygen atoms in total. The molecular weight excluding hydrogens is 272 g/mol. The standard InChI is InChI=1S/C12H11F2N3OS/c1-6-16-4-8(19-6)5-17-12(18)7-2-9(13)11(15)10(14)3-7/h2-4H,5,15H2,1H3,(H,17,18). The van der Waals surface area contributed by atoms with Gasteiger partial charge in [-0.15, -0.1) is 11.3 Å². The summed E-state index contributed by atoms with van der Waals surface area (Å²) in [6.07, 6.45) is 1.64. The van der Waals surface area contributed by atoms with Gasteiger partial charge in [0, 0.05) is 16.6 Å². The van der Waals surface area contributed by atoms with E-state index < -0.39 is 23.2 Å². The van der Waals surface area contributed by atoms with Crippen molar-refractivity contribution < 1.29 is 13.6 Å². The smallest absolute Gasteiger partial charge is 0.251 e. The third-order valence-corrected chi connectivity index (χ3v) is 3.35. The van der Waals surface area contributed by atoms with Crippen molar-refractivity contribution in [1.82, 2.24) is 10.3 Å². The molecule has 19 heavy (non-hydrogen) atoms. The number of nitrogens with one attached hydrogen (secondary N) is 1. The van der Waals surface area contributed by atoms with Gasteiger partial charge in [0.15, 0.2) is 0 Å². The monoisotopic (exact) mass is 283 g/mol. The van der Waals surface area contributed by atoms with Crippen LogP contribution in [0.3, 0.4) is 0 Å². The first-order chi connectivity index (χ1) is 8.97. The van der Waals surface area contributed by atoms with Crippen molar-refractivity contribution in [3.63, 3.8) is 0 Å². The van der Waals surface area contributed by atoms with E-state index in [-0.39, 0.29) is 12.1 Å². The van der Waals surface area contributed by atoms with Crippen LogP contribution in [0.1, 0.15) is 20.2 Å². The second kappa shape index (κ2) is 5.31. The molecule has 0 aliphatic heterocycles. The van der Waals surface area contributed by atoms with Crippen molar-refractivity contribution >= 4 is 22.9 Å². The molecule has 0 aliphatic carbocycles. The second-order valence-electron chi connectivity index (χ2n) is 3.88. The Balaban J connectivity index is 2.08. The van der Waals surface area contributed by atoms with Gasteiger partial charge in [0.2, 0.25) is 0 Å². The zero-order valence-electron chi connectivity index (χ0n) is 10.0. The highest BCUT2D eigenvalue weighted by Gasteiger charge is 2.13. The Hall–Kier alpha value is -2.02. The topological polar surface area (TPSA) is 68.0 Å². The maximum atomic E-state index is 13.2. The SMILES string of the molecule is Cc1ncc(CNC(=O)c2cc(F)c(N)c(F)c2)s1. The van der Waals surface area contributed by atoms with Gasteiger partial charge in [-0.1, -0.05) is 0 Å². The minimum Gasteiger partial charge on any atom is -0.394 e. The fourth-order valence-electron chi connectivity index (χ4n) is 1.47. The predicted octanol–water partition coefficient (Wildman–Crippen LogP) is 2.24. The highest BCUT2D eigenvalue weighted by molar-refractivity contribution is 7.11. The number of carbonyl (C=O) groups excluding carboxylic acids is 1. The number of benzene rings is 1. The van der Waals surface area contributed by atoms with Crippen LogP contribution in [-0.2, 0) is 6.54 Å². The number of anilines is 1.